The van der Waals surface area contributed by atoms with Crippen molar-refractivity contribution in [3.05, 3.63) is 42.2 Å². The second-order valence-corrected chi connectivity index (χ2v) is 7.78. The molecular formula is C20H24F3N5O. The quantitative estimate of drug-likeness (QED) is 0.844. The third-order valence-electron chi connectivity index (χ3n) is 5.97. The van der Waals surface area contributed by atoms with Crippen LogP contribution in [0.4, 0.5) is 19.1 Å². The van der Waals surface area contributed by atoms with Crippen LogP contribution in [0.1, 0.15) is 37.3 Å². The van der Waals surface area contributed by atoms with Crippen molar-refractivity contribution in [3.63, 3.8) is 0 Å². The van der Waals surface area contributed by atoms with Gasteiger partial charge in [0.15, 0.2) is 6.04 Å². The number of carbonyl (C=O) groups is 1. The molecule has 1 N–H and O–H groups in total. The molecule has 2 aliphatic rings. The van der Waals surface area contributed by atoms with Gasteiger partial charge in [0.25, 0.3) is 0 Å². The van der Waals surface area contributed by atoms with E-state index in [4.69, 9.17) is 0 Å². The van der Waals surface area contributed by atoms with Crippen LogP contribution in [0.25, 0.3) is 0 Å². The number of piperidine rings is 1. The molecule has 0 unspecified atom stereocenters. The average Bonchev–Trinajstić information content (AvgIpc) is 3.20. The molecule has 1 amide bonds. The smallest absolute Gasteiger partial charge is 0.351 e. The van der Waals surface area contributed by atoms with Crippen molar-refractivity contribution in [2.45, 2.75) is 50.4 Å². The van der Waals surface area contributed by atoms with E-state index in [-0.39, 0.29) is 30.2 Å². The van der Waals surface area contributed by atoms with E-state index in [0.717, 1.165) is 16.6 Å². The predicted octanol–water partition coefficient (Wildman–Crippen LogP) is 3.44. The van der Waals surface area contributed by atoms with Crippen molar-refractivity contribution in [3.8, 4) is 0 Å². The lowest BCUT2D eigenvalue weighted by atomic mass is 9.85. The molecule has 0 saturated carbocycles. The zero-order valence-electron chi connectivity index (χ0n) is 16.0. The summed E-state index contributed by atoms with van der Waals surface area (Å²) in [6, 6.07) is 7.89. The molecule has 3 heterocycles. The van der Waals surface area contributed by atoms with Gasteiger partial charge in [-0.3, -0.25) is 4.79 Å². The first kappa shape index (κ1) is 19.7. The minimum absolute atomic E-state index is 0.0630. The standard InChI is InChI=1S/C20H24F3N5O/c21-20(22,23)17-12-16(26-19-24-13-25-28(17)19)15-8-10-27(11-9-15)18(29)7-6-14-4-2-1-3-5-14/h1-5,13,15-17H,6-12H2,(H,24,25,26)/t16-,17+/m0/s1. The Balaban J connectivity index is 1.32. The number of benzene rings is 1. The fourth-order valence-corrected chi connectivity index (χ4v) is 4.33. The average molecular weight is 407 g/mol. The van der Waals surface area contributed by atoms with E-state index in [1.807, 2.05) is 35.2 Å². The summed E-state index contributed by atoms with van der Waals surface area (Å²) in [6.45, 7) is 1.17. The molecule has 1 fully saturated rings. The molecule has 156 valence electrons. The van der Waals surface area contributed by atoms with E-state index < -0.39 is 12.2 Å². The van der Waals surface area contributed by atoms with Crippen LogP contribution in [0.15, 0.2) is 36.7 Å². The highest BCUT2D eigenvalue weighted by molar-refractivity contribution is 5.76. The highest BCUT2D eigenvalue weighted by Crippen LogP contribution is 2.41. The minimum Gasteiger partial charge on any atom is -0.351 e. The van der Waals surface area contributed by atoms with Gasteiger partial charge in [-0.2, -0.15) is 23.3 Å². The molecule has 2 aromatic rings. The second kappa shape index (κ2) is 8.04. The van der Waals surface area contributed by atoms with E-state index in [0.29, 0.717) is 38.8 Å². The van der Waals surface area contributed by atoms with Crippen molar-refractivity contribution in [2.75, 3.05) is 18.4 Å². The van der Waals surface area contributed by atoms with Crippen LogP contribution in [0.3, 0.4) is 0 Å². The SMILES string of the molecule is O=C(CCc1ccccc1)N1CCC([C@@H]2C[C@H](C(F)(F)F)n3ncnc3N2)CC1. The molecule has 9 heteroatoms. The van der Waals surface area contributed by atoms with Crippen molar-refractivity contribution in [2.24, 2.45) is 5.92 Å². The van der Waals surface area contributed by atoms with Crippen LogP contribution in [0.5, 0.6) is 0 Å². The highest BCUT2D eigenvalue weighted by Gasteiger charge is 2.48. The fraction of sp³-hybridized carbons (Fsp3) is 0.550. The number of rotatable bonds is 4. The molecule has 29 heavy (non-hydrogen) atoms. The number of nitrogens with one attached hydrogen (secondary N) is 1. The number of anilines is 1. The monoisotopic (exact) mass is 407 g/mol. The van der Waals surface area contributed by atoms with Crippen LogP contribution in [-0.4, -0.2) is 50.9 Å². The maximum absolute atomic E-state index is 13.5. The summed E-state index contributed by atoms with van der Waals surface area (Å²) in [7, 11) is 0. The van der Waals surface area contributed by atoms with Crippen molar-refractivity contribution in [1.29, 1.82) is 0 Å². The molecule has 1 aromatic carbocycles. The van der Waals surface area contributed by atoms with Crippen molar-refractivity contribution >= 4 is 11.9 Å². The third kappa shape index (κ3) is 4.38. The van der Waals surface area contributed by atoms with Gasteiger partial charge in [0.2, 0.25) is 11.9 Å². The van der Waals surface area contributed by atoms with Crippen LogP contribution >= 0.6 is 0 Å². The molecule has 0 radical (unpaired) electrons. The van der Waals surface area contributed by atoms with Gasteiger partial charge in [0.05, 0.1) is 0 Å². The Bertz CT molecular complexity index is 830. The molecule has 1 aromatic heterocycles. The zero-order valence-corrected chi connectivity index (χ0v) is 16.0. The van der Waals surface area contributed by atoms with E-state index >= 15 is 0 Å². The largest absolute Gasteiger partial charge is 0.411 e. The van der Waals surface area contributed by atoms with E-state index in [2.05, 4.69) is 15.4 Å². The zero-order chi connectivity index (χ0) is 20.4. The Morgan fingerprint density at radius 1 is 1.17 bits per heavy atom. The fourth-order valence-electron chi connectivity index (χ4n) is 4.33. The highest BCUT2D eigenvalue weighted by atomic mass is 19.4. The number of nitrogens with zero attached hydrogens (tertiary/aromatic N) is 4. The summed E-state index contributed by atoms with van der Waals surface area (Å²) in [4.78, 5) is 18.3. The summed E-state index contributed by atoms with van der Waals surface area (Å²) in [5, 5.41) is 6.86. The minimum atomic E-state index is -4.36. The molecular weight excluding hydrogens is 383 g/mol. The Morgan fingerprint density at radius 2 is 1.90 bits per heavy atom. The predicted molar refractivity (Wildman–Crippen MR) is 101 cm³/mol. The first-order chi connectivity index (χ1) is 13.9. The van der Waals surface area contributed by atoms with Crippen LogP contribution in [0.2, 0.25) is 0 Å². The van der Waals surface area contributed by atoms with Gasteiger partial charge in [-0.1, -0.05) is 30.3 Å². The Labute approximate surface area is 167 Å². The van der Waals surface area contributed by atoms with Gasteiger partial charge in [0, 0.05) is 25.6 Å². The topological polar surface area (TPSA) is 63.1 Å². The summed E-state index contributed by atoms with van der Waals surface area (Å²) >= 11 is 0. The van der Waals surface area contributed by atoms with Crippen molar-refractivity contribution < 1.29 is 18.0 Å². The van der Waals surface area contributed by atoms with E-state index in [1.54, 1.807) is 0 Å². The normalized spacial score (nSPS) is 22.8. The number of carbonyl (C=O) groups excluding carboxylic acids is 1. The molecule has 2 atom stereocenters. The maximum Gasteiger partial charge on any atom is 0.411 e. The number of fused-ring (bicyclic) bond motifs is 1. The van der Waals surface area contributed by atoms with Crippen molar-refractivity contribution in [1.82, 2.24) is 19.7 Å². The second-order valence-electron chi connectivity index (χ2n) is 7.78. The summed E-state index contributed by atoms with van der Waals surface area (Å²) < 4.78 is 41.3. The van der Waals surface area contributed by atoms with Gasteiger partial charge in [-0.05, 0) is 37.2 Å². The van der Waals surface area contributed by atoms with Gasteiger partial charge < -0.3 is 10.2 Å². The molecule has 2 aliphatic heterocycles. The first-order valence-corrected chi connectivity index (χ1v) is 9.96. The number of amides is 1. The number of hydrogen-bond acceptors (Lipinski definition) is 4. The third-order valence-corrected chi connectivity index (χ3v) is 5.97. The lowest BCUT2D eigenvalue weighted by molar-refractivity contribution is -0.174. The molecule has 4 rings (SSSR count). The summed E-state index contributed by atoms with van der Waals surface area (Å²) in [6.07, 6.45) is -0.746. The Kier molecular flexibility index (Phi) is 5.47. The lowest BCUT2D eigenvalue weighted by Crippen LogP contribution is -2.47. The maximum atomic E-state index is 13.5. The number of hydrogen-bond donors (Lipinski definition) is 1. The molecule has 0 aliphatic carbocycles. The van der Waals surface area contributed by atoms with Crippen LogP contribution in [-0.2, 0) is 11.2 Å². The van der Waals surface area contributed by atoms with E-state index in [1.165, 1.54) is 0 Å². The van der Waals surface area contributed by atoms with Gasteiger partial charge in [-0.15, -0.1) is 0 Å². The van der Waals surface area contributed by atoms with Gasteiger partial charge >= 0.3 is 6.18 Å². The molecule has 6 nitrogen and oxygen atoms in total. The van der Waals surface area contributed by atoms with Gasteiger partial charge in [0.1, 0.15) is 6.33 Å². The molecule has 1 saturated heterocycles. The Hall–Kier alpha value is -2.58. The number of aromatic nitrogens is 3. The lowest BCUT2D eigenvalue weighted by Gasteiger charge is -2.40. The first-order valence-electron chi connectivity index (χ1n) is 9.96. The van der Waals surface area contributed by atoms with Gasteiger partial charge in [-0.25, -0.2) is 4.68 Å². The Morgan fingerprint density at radius 3 is 2.59 bits per heavy atom. The number of aryl methyl sites for hydroxylation is 1. The van der Waals surface area contributed by atoms with Crippen LogP contribution < -0.4 is 5.32 Å². The molecule has 0 bridgehead atoms. The van der Waals surface area contributed by atoms with Crippen LogP contribution in [0, 0.1) is 5.92 Å². The number of halogens is 3. The van der Waals surface area contributed by atoms with E-state index in [9.17, 15) is 18.0 Å². The number of likely N-dealkylation sites (tertiary alicyclic amines) is 1. The molecule has 0 spiro atoms. The summed E-state index contributed by atoms with van der Waals surface area (Å²) in [5.74, 6) is 0.352. The number of alkyl halides is 3. The summed E-state index contributed by atoms with van der Waals surface area (Å²) in [5.41, 5.74) is 1.13.